The second-order valence-electron chi connectivity index (χ2n) is 6.58. The Morgan fingerprint density at radius 1 is 0.710 bits per heavy atom. The summed E-state index contributed by atoms with van der Waals surface area (Å²) in [6.45, 7) is 0. The van der Waals surface area contributed by atoms with E-state index in [4.69, 9.17) is 0 Å². The van der Waals surface area contributed by atoms with Gasteiger partial charge < -0.3 is 0 Å². The number of benzene rings is 3. The number of fused-ring (bicyclic) bond motifs is 1. The van der Waals surface area contributed by atoms with E-state index in [2.05, 4.69) is 30.4 Å². The van der Waals surface area contributed by atoms with E-state index >= 15 is 0 Å². The molecule has 0 fully saturated rings. The van der Waals surface area contributed by atoms with E-state index in [9.17, 15) is 16.8 Å². The molecule has 7 nitrogen and oxygen atoms in total. The molecule has 0 saturated carbocycles. The summed E-state index contributed by atoms with van der Waals surface area (Å²) < 4.78 is 56.8. The summed E-state index contributed by atoms with van der Waals surface area (Å²) >= 11 is 3.25. The highest BCUT2D eigenvalue weighted by molar-refractivity contribution is 9.10. The van der Waals surface area contributed by atoms with Gasteiger partial charge in [0.15, 0.2) is 0 Å². The lowest BCUT2D eigenvalue weighted by Gasteiger charge is -2.12. The molecule has 0 aliphatic rings. The first-order valence-electron chi connectivity index (χ1n) is 9.00. The summed E-state index contributed by atoms with van der Waals surface area (Å²) in [7, 11) is -7.80. The standard InChI is InChI=1S/C21H16BrN3O4S2/c22-16-7-2-10-19(13-16)30(26,27)24-17-8-3-9-18(14-17)25-31(28,29)20-11-1-5-15-6-4-12-23-21(15)20/h1-14,24-25H. The van der Waals surface area contributed by atoms with Crippen LogP contribution in [-0.4, -0.2) is 21.8 Å². The van der Waals surface area contributed by atoms with Crippen molar-refractivity contribution in [3.05, 3.63) is 89.5 Å². The smallest absolute Gasteiger partial charge is 0.264 e. The predicted octanol–water partition coefficient (Wildman–Crippen LogP) is 4.60. The molecule has 0 saturated heterocycles. The second-order valence-corrected chi connectivity index (χ2v) is 10.8. The van der Waals surface area contributed by atoms with Crippen molar-refractivity contribution in [2.45, 2.75) is 9.79 Å². The van der Waals surface area contributed by atoms with Gasteiger partial charge in [-0.05, 0) is 48.5 Å². The number of para-hydroxylation sites is 1. The van der Waals surface area contributed by atoms with Crippen molar-refractivity contribution in [1.29, 1.82) is 0 Å². The molecule has 0 radical (unpaired) electrons. The van der Waals surface area contributed by atoms with Gasteiger partial charge in [0, 0.05) is 16.1 Å². The number of hydrogen-bond acceptors (Lipinski definition) is 5. The van der Waals surface area contributed by atoms with Crippen LogP contribution in [0.1, 0.15) is 0 Å². The molecular weight excluding hydrogens is 502 g/mol. The van der Waals surface area contributed by atoms with Crippen molar-refractivity contribution in [2.75, 3.05) is 9.44 Å². The second kappa shape index (κ2) is 8.29. The van der Waals surface area contributed by atoms with E-state index in [0.717, 1.165) is 0 Å². The molecule has 1 aromatic heterocycles. The molecule has 0 aliphatic carbocycles. The summed E-state index contributed by atoms with van der Waals surface area (Å²) in [6.07, 6.45) is 1.53. The van der Waals surface area contributed by atoms with Gasteiger partial charge in [-0.2, -0.15) is 0 Å². The fraction of sp³-hybridized carbons (Fsp3) is 0. The number of aromatic nitrogens is 1. The lowest BCUT2D eigenvalue weighted by atomic mass is 10.2. The summed E-state index contributed by atoms with van der Waals surface area (Å²) in [5, 5.41) is 0.695. The van der Waals surface area contributed by atoms with Gasteiger partial charge in [0.2, 0.25) is 0 Å². The van der Waals surface area contributed by atoms with Crippen molar-refractivity contribution >= 4 is 58.3 Å². The number of sulfonamides is 2. The van der Waals surface area contributed by atoms with Crippen LogP contribution in [0.2, 0.25) is 0 Å². The van der Waals surface area contributed by atoms with Crippen LogP contribution in [0.5, 0.6) is 0 Å². The Labute approximate surface area is 188 Å². The number of anilines is 2. The largest absolute Gasteiger partial charge is 0.280 e. The Hall–Kier alpha value is -2.95. The number of pyridine rings is 1. The van der Waals surface area contributed by atoms with Crippen molar-refractivity contribution in [2.24, 2.45) is 0 Å². The molecule has 10 heteroatoms. The molecule has 4 aromatic rings. The normalized spacial score (nSPS) is 11.9. The molecule has 0 bridgehead atoms. The first kappa shape index (κ1) is 21.3. The highest BCUT2D eigenvalue weighted by atomic mass is 79.9. The van der Waals surface area contributed by atoms with Gasteiger partial charge in [-0.15, -0.1) is 0 Å². The Morgan fingerprint density at radius 3 is 2.10 bits per heavy atom. The average molecular weight is 518 g/mol. The Balaban J connectivity index is 1.63. The van der Waals surface area contributed by atoms with Crippen molar-refractivity contribution in [3.8, 4) is 0 Å². The van der Waals surface area contributed by atoms with Gasteiger partial charge in [0.1, 0.15) is 4.90 Å². The van der Waals surface area contributed by atoms with Crippen molar-refractivity contribution in [3.63, 3.8) is 0 Å². The summed E-state index contributed by atoms with van der Waals surface area (Å²) in [4.78, 5) is 4.29. The van der Waals surface area contributed by atoms with Crippen LogP contribution in [0.4, 0.5) is 11.4 Å². The molecule has 3 aromatic carbocycles. The third-order valence-electron chi connectivity index (χ3n) is 4.36. The quantitative estimate of drug-likeness (QED) is 0.388. The highest BCUT2D eigenvalue weighted by Gasteiger charge is 2.19. The summed E-state index contributed by atoms with van der Waals surface area (Å²) in [5.41, 5.74) is 0.780. The molecule has 2 N–H and O–H groups in total. The van der Waals surface area contributed by atoms with Crippen molar-refractivity contribution < 1.29 is 16.8 Å². The van der Waals surface area contributed by atoms with Gasteiger partial charge in [-0.25, -0.2) is 16.8 Å². The van der Waals surface area contributed by atoms with Crippen LogP contribution in [0.3, 0.4) is 0 Å². The number of rotatable bonds is 6. The van der Waals surface area contributed by atoms with Crippen molar-refractivity contribution in [1.82, 2.24) is 4.98 Å². The van der Waals surface area contributed by atoms with Crippen LogP contribution in [0.25, 0.3) is 10.9 Å². The maximum atomic E-state index is 13.0. The van der Waals surface area contributed by atoms with E-state index in [1.54, 1.807) is 42.5 Å². The summed E-state index contributed by atoms with van der Waals surface area (Å²) in [6, 6.07) is 20.7. The number of halogens is 1. The highest BCUT2D eigenvalue weighted by Crippen LogP contribution is 2.26. The zero-order valence-electron chi connectivity index (χ0n) is 15.9. The molecular formula is C21H16BrN3O4S2. The maximum Gasteiger partial charge on any atom is 0.264 e. The molecule has 0 amide bonds. The van der Waals surface area contributed by atoms with E-state index in [0.29, 0.717) is 15.4 Å². The Morgan fingerprint density at radius 2 is 1.35 bits per heavy atom. The molecule has 0 unspecified atom stereocenters. The first-order valence-corrected chi connectivity index (χ1v) is 12.8. The minimum Gasteiger partial charge on any atom is -0.280 e. The lowest BCUT2D eigenvalue weighted by molar-refractivity contribution is 0.600. The Bertz CT molecular complexity index is 1480. The topological polar surface area (TPSA) is 105 Å². The molecule has 1 heterocycles. The third kappa shape index (κ3) is 4.71. The summed E-state index contributed by atoms with van der Waals surface area (Å²) in [5.74, 6) is 0. The molecule has 0 spiro atoms. The molecule has 31 heavy (non-hydrogen) atoms. The van der Waals surface area contributed by atoms with Crippen LogP contribution >= 0.6 is 15.9 Å². The van der Waals surface area contributed by atoms with Crippen LogP contribution in [0, 0.1) is 0 Å². The predicted molar refractivity (Wildman–Crippen MR) is 124 cm³/mol. The van der Waals surface area contributed by atoms with Crippen LogP contribution in [0.15, 0.2) is 99.3 Å². The average Bonchev–Trinajstić information content (AvgIpc) is 2.73. The van der Waals surface area contributed by atoms with Gasteiger partial charge in [0.25, 0.3) is 20.0 Å². The van der Waals surface area contributed by atoms with Gasteiger partial charge in [-0.1, -0.05) is 46.3 Å². The fourth-order valence-electron chi connectivity index (χ4n) is 3.00. The number of nitrogens with one attached hydrogen (secondary N) is 2. The maximum absolute atomic E-state index is 13.0. The van der Waals surface area contributed by atoms with E-state index in [1.807, 2.05) is 0 Å². The van der Waals surface area contributed by atoms with E-state index < -0.39 is 20.0 Å². The van der Waals surface area contributed by atoms with E-state index in [1.165, 1.54) is 42.6 Å². The van der Waals surface area contributed by atoms with E-state index in [-0.39, 0.29) is 21.2 Å². The lowest BCUT2D eigenvalue weighted by Crippen LogP contribution is -2.15. The van der Waals surface area contributed by atoms with Crippen LogP contribution in [-0.2, 0) is 20.0 Å². The first-order chi connectivity index (χ1) is 14.7. The zero-order chi connectivity index (χ0) is 22.1. The molecule has 4 rings (SSSR count). The molecule has 0 aliphatic heterocycles. The minimum atomic E-state index is -3.95. The Kier molecular flexibility index (Phi) is 5.69. The third-order valence-corrected chi connectivity index (χ3v) is 7.64. The number of nitrogens with zero attached hydrogens (tertiary/aromatic N) is 1. The van der Waals surface area contributed by atoms with Crippen LogP contribution < -0.4 is 9.44 Å². The van der Waals surface area contributed by atoms with Gasteiger partial charge in [-0.3, -0.25) is 14.4 Å². The van der Waals surface area contributed by atoms with Gasteiger partial charge >= 0.3 is 0 Å². The van der Waals surface area contributed by atoms with Gasteiger partial charge in [0.05, 0.1) is 21.8 Å². The molecule has 0 atom stereocenters. The zero-order valence-corrected chi connectivity index (χ0v) is 19.1. The fourth-order valence-corrected chi connectivity index (χ4v) is 5.87. The monoisotopic (exact) mass is 517 g/mol. The minimum absolute atomic E-state index is 0.0331. The SMILES string of the molecule is O=S(=O)(Nc1cccc(NS(=O)(=O)c2cccc3cccnc23)c1)c1cccc(Br)c1. The molecule has 158 valence electrons. The number of hydrogen-bond donors (Lipinski definition) is 2.